The Balaban J connectivity index is 1.96. The second-order valence-electron chi connectivity index (χ2n) is 5.35. The van der Waals surface area contributed by atoms with Gasteiger partial charge in [0.15, 0.2) is 0 Å². The molecule has 24 heavy (non-hydrogen) atoms. The van der Waals surface area contributed by atoms with Crippen LogP contribution in [0.2, 0.25) is 0 Å². The SMILES string of the molecule is CC(CNS(=O)(=O)c1ccc(Br)cc1)c1ccc(OCCO)cc1. The smallest absolute Gasteiger partial charge is 0.240 e. The van der Waals surface area contributed by atoms with Crippen molar-refractivity contribution < 1.29 is 18.3 Å². The summed E-state index contributed by atoms with van der Waals surface area (Å²) >= 11 is 3.29. The molecule has 0 radical (unpaired) electrons. The quantitative estimate of drug-likeness (QED) is 0.697. The third-order valence-corrected chi connectivity index (χ3v) is 5.48. The molecule has 2 aromatic rings. The fourth-order valence-electron chi connectivity index (χ4n) is 2.11. The van der Waals surface area contributed by atoms with Crippen molar-refractivity contribution in [2.75, 3.05) is 19.8 Å². The van der Waals surface area contributed by atoms with Crippen LogP contribution in [0.3, 0.4) is 0 Å². The first-order valence-electron chi connectivity index (χ1n) is 7.51. The number of halogens is 1. The van der Waals surface area contributed by atoms with Gasteiger partial charge in [0.2, 0.25) is 10.0 Å². The Labute approximate surface area is 150 Å². The molecule has 0 fully saturated rings. The first-order valence-corrected chi connectivity index (χ1v) is 9.79. The molecule has 0 saturated carbocycles. The number of ether oxygens (including phenoxy) is 1. The number of aliphatic hydroxyl groups is 1. The van der Waals surface area contributed by atoms with Gasteiger partial charge in [-0.05, 0) is 47.9 Å². The van der Waals surface area contributed by atoms with Crippen LogP contribution in [-0.2, 0) is 10.0 Å². The zero-order valence-electron chi connectivity index (χ0n) is 13.3. The van der Waals surface area contributed by atoms with Gasteiger partial charge in [-0.25, -0.2) is 13.1 Å². The van der Waals surface area contributed by atoms with Crippen molar-refractivity contribution in [3.05, 3.63) is 58.6 Å². The molecule has 0 aromatic heterocycles. The normalized spacial score (nSPS) is 12.8. The maximum atomic E-state index is 12.3. The van der Waals surface area contributed by atoms with E-state index in [2.05, 4.69) is 20.7 Å². The third kappa shape index (κ3) is 5.31. The Morgan fingerprint density at radius 2 is 1.75 bits per heavy atom. The van der Waals surface area contributed by atoms with E-state index in [1.54, 1.807) is 24.3 Å². The number of aliphatic hydroxyl groups excluding tert-OH is 1. The standard InChI is InChI=1S/C17H20BrNO4S/c1-13(14-2-6-16(7-3-14)23-11-10-20)12-19-24(21,22)17-8-4-15(18)5-9-17/h2-9,13,19-20H,10-12H2,1H3. The molecule has 0 aliphatic carbocycles. The maximum absolute atomic E-state index is 12.3. The first-order chi connectivity index (χ1) is 11.4. The lowest BCUT2D eigenvalue weighted by molar-refractivity contribution is 0.201. The van der Waals surface area contributed by atoms with E-state index in [-0.39, 0.29) is 24.0 Å². The van der Waals surface area contributed by atoms with Gasteiger partial charge in [-0.2, -0.15) is 0 Å². The van der Waals surface area contributed by atoms with Gasteiger partial charge in [-0.3, -0.25) is 0 Å². The van der Waals surface area contributed by atoms with Gasteiger partial charge < -0.3 is 9.84 Å². The Morgan fingerprint density at radius 3 is 2.33 bits per heavy atom. The van der Waals surface area contributed by atoms with E-state index >= 15 is 0 Å². The molecular weight excluding hydrogens is 394 g/mol. The van der Waals surface area contributed by atoms with Gasteiger partial charge in [-0.1, -0.05) is 35.0 Å². The molecular formula is C17H20BrNO4S. The van der Waals surface area contributed by atoms with Crippen molar-refractivity contribution >= 4 is 26.0 Å². The molecule has 0 saturated heterocycles. The molecule has 0 amide bonds. The summed E-state index contributed by atoms with van der Waals surface area (Å²) in [5, 5.41) is 8.73. The predicted molar refractivity (Wildman–Crippen MR) is 96.8 cm³/mol. The van der Waals surface area contributed by atoms with E-state index in [9.17, 15) is 8.42 Å². The highest BCUT2D eigenvalue weighted by molar-refractivity contribution is 9.10. The molecule has 2 N–H and O–H groups in total. The third-order valence-electron chi connectivity index (χ3n) is 3.51. The summed E-state index contributed by atoms with van der Waals surface area (Å²) in [4.78, 5) is 0.241. The second kappa shape index (κ2) is 8.62. The topological polar surface area (TPSA) is 75.6 Å². The van der Waals surface area contributed by atoms with E-state index in [1.807, 2.05) is 31.2 Å². The average Bonchev–Trinajstić information content (AvgIpc) is 2.59. The van der Waals surface area contributed by atoms with Crippen molar-refractivity contribution in [2.24, 2.45) is 0 Å². The number of sulfonamides is 1. The van der Waals surface area contributed by atoms with Gasteiger partial charge in [-0.15, -0.1) is 0 Å². The summed E-state index contributed by atoms with van der Waals surface area (Å²) in [6.07, 6.45) is 0. The lowest BCUT2D eigenvalue weighted by Gasteiger charge is -2.14. The number of benzene rings is 2. The number of hydrogen-bond donors (Lipinski definition) is 2. The first kappa shape index (κ1) is 18.9. The highest BCUT2D eigenvalue weighted by Crippen LogP contribution is 2.20. The van der Waals surface area contributed by atoms with Gasteiger partial charge in [0, 0.05) is 11.0 Å². The number of nitrogens with one attached hydrogen (secondary N) is 1. The number of rotatable bonds is 8. The van der Waals surface area contributed by atoms with Crippen LogP contribution in [0.5, 0.6) is 5.75 Å². The highest BCUT2D eigenvalue weighted by Gasteiger charge is 2.15. The molecule has 130 valence electrons. The van der Waals surface area contributed by atoms with Crippen LogP contribution in [0.25, 0.3) is 0 Å². The van der Waals surface area contributed by atoms with Crippen LogP contribution in [0.4, 0.5) is 0 Å². The summed E-state index contributed by atoms with van der Waals surface area (Å²) < 4.78 is 33.3. The van der Waals surface area contributed by atoms with Gasteiger partial charge in [0.25, 0.3) is 0 Å². The second-order valence-corrected chi connectivity index (χ2v) is 8.03. The fourth-order valence-corrected chi connectivity index (χ4v) is 3.50. The van der Waals surface area contributed by atoms with Crippen LogP contribution in [-0.4, -0.2) is 33.3 Å². The molecule has 0 aliphatic rings. The maximum Gasteiger partial charge on any atom is 0.240 e. The Kier molecular flexibility index (Phi) is 6.79. The Hall–Kier alpha value is -1.41. The average molecular weight is 414 g/mol. The van der Waals surface area contributed by atoms with Crippen LogP contribution in [0, 0.1) is 0 Å². The summed E-state index contributed by atoms with van der Waals surface area (Å²) in [6.45, 7) is 2.47. The molecule has 0 aliphatic heterocycles. The van der Waals surface area contributed by atoms with Crippen molar-refractivity contribution in [1.82, 2.24) is 4.72 Å². The van der Waals surface area contributed by atoms with Crippen molar-refractivity contribution in [1.29, 1.82) is 0 Å². The van der Waals surface area contributed by atoms with Crippen molar-refractivity contribution in [2.45, 2.75) is 17.7 Å². The van der Waals surface area contributed by atoms with Gasteiger partial charge >= 0.3 is 0 Å². The van der Waals surface area contributed by atoms with Crippen molar-refractivity contribution in [3.8, 4) is 5.75 Å². The van der Waals surface area contributed by atoms with E-state index < -0.39 is 10.0 Å². The minimum absolute atomic E-state index is 0.0158. The monoisotopic (exact) mass is 413 g/mol. The fraction of sp³-hybridized carbons (Fsp3) is 0.294. The predicted octanol–water partition coefficient (Wildman–Crippen LogP) is 2.90. The van der Waals surface area contributed by atoms with Gasteiger partial charge in [0.1, 0.15) is 12.4 Å². The largest absolute Gasteiger partial charge is 0.491 e. The van der Waals surface area contributed by atoms with Crippen LogP contribution in [0.15, 0.2) is 57.9 Å². The van der Waals surface area contributed by atoms with Crippen LogP contribution < -0.4 is 9.46 Å². The van der Waals surface area contributed by atoms with Crippen molar-refractivity contribution in [3.63, 3.8) is 0 Å². The molecule has 5 nitrogen and oxygen atoms in total. The molecule has 0 spiro atoms. The van der Waals surface area contributed by atoms with E-state index in [0.717, 1.165) is 10.0 Å². The number of hydrogen-bond acceptors (Lipinski definition) is 4. The summed E-state index contributed by atoms with van der Waals surface area (Å²) in [5.41, 5.74) is 1.00. The van der Waals surface area contributed by atoms with Crippen LogP contribution in [0.1, 0.15) is 18.4 Å². The molecule has 7 heteroatoms. The van der Waals surface area contributed by atoms with Crippen LogP contribution >= 0.6 is 15.9 Å². The molecule has 1 atom stereocenters. The lowest BCUT2D eigenvalue weighted by atomic mass is 10.0. The highest BCUT2D eigenvalue weighted by atomic mass is 79.9. The Bertz CT molecular complexity index is 745. The molecule has 2 aromatic carbocycles. The zero-order chi connectivity index (χ0) is 17.6. The Morgan fingerprint density at radius 1 is 1.12 bits per heavy atom. The van der Waals surface area contributed by atoms with E-state index in [1.165, 1.54) is 0 Å². The van der Waals surface area contributed by atoms with E-state index in [0.29, 0.717) is 12.3 Å². The summed E-state index contributed by atoms with van der Waals surface area (Å²) in [6, 6.07) is 13.9. The van der Waals surface area contributed by atoms with E-state index in [4.69, 9.17) is 9.84 Å². The molecule has 0 bridgehead atoms. The molecule has 2 rings (SSSR count). The minimum atomic E-state index is -3.52. The summed E-state index contributed by atoms with van der Waals surface area (Å²) in [5.74, 6) is 0.692. The summed E-state index contributed by atoms with van der Waals surface area (Å²) in [7, 11) is -3.52. The van der Waals surface area contributed by atoms with Gasteiger partial charge in [0.05, 0.1) is 11.5 Å². The molecule has 0 heterocycles. The minimum Gasteiger partial charge on any atom is -0.491 e. The lowest BCUT2D eigenvalue weighted by Crippen LogP contribution is -2.27. The zero-order valence-corrected chi connectivity index (χ0v) is 15.7. The molecule has 1 unspecified atom stereocenters.